The molecule has 2 amide bonds. The normalized spacial score (nSPS) is 13.9. The third-order valence-electron chi connectivity index (χ3n) is 5.47. The Hall–Kier alpha value is -3.44. The number of amides is 2. The number of halogens is 2. The minimum Gasteiger partial charge on any atom is -0.350 e. The number of carbonyl (C=O) groups is 2. The van der Waals surface area contributed by atoms with Crippen LogP contribution in [0.15, 0.2) is 66.4 Å². The Kier molecular flexibility index (Phi) is 5.38. The van der Waals surface area contributed by atoms with Crippen LogP contribution < -0.4 is 10.2 Å². The minimum atomic E-state index is -0.493. The molecule has 0 bridgehead atoms. The first kappa shape index (κ1) is 20.8. The molecule has 6 heteroatoms. The van der Waals surface area contributed by atoms with Crippen molar-refractivity contribution in [1.29, 1.82) is 0 Å². The van der Waals surface area contributed by atoms with Crippen molar-refractivity contribution in [3.63, 3.8) is 0 Å². The Morgan fingerprint density at radius 2 is 1.58 bits per heavy atom. The second kappa shape index (κ2) is 8.00. The summed E-state index contributed by atoms with van der Waals surface area (Å²) in [5.74, 6) is -1.41. The van der Waals surface area contributed by atoms with Crippen molar-refractivity contribution in [2.24, 2.45) is 0 Å². The molecule has 0 atom stereocenters. The van der Waals surface area contributed by atoms with Gasteiger partial charge in [-0.05, 0) is 79.4 Å². The molecule has 4 nitrogen and oxygen atoms in total. The van der Waals surface area contributed by atoms with Crippen molar-refractivity contribution in [3.05, 3.63) is 99.5 Å². The Labute approximate surface area is 185 Å². The first-order valence-corrected chi connectivity index (χ1v) is 10.1. The Morgan fingerprint density at radius 1 is 0.871 bits per heavy atom. The maximum atomic E-state index is 13.5. The molecule has 3 aromatic rings. The average Bonchev–Trinajstić information content (AvgIpc) is 2.97. The molecule has 0 aliphatic carbocycles. The molecular formula is C25H20ClFN2O2. The lowest BCUT2D eigenvalue weighted by atomic mass is 10.0. The lowest BCUT2D eigenvalue weighted by Gasteiger charge is -2.18. The zero-order valence-electron chi connectivity index (χ0n) is 17.3. The van der Waals surface area contributed by atoms with E-state index in [0.29, 0.717) is 27.5 Å². The maximum absolute atomic E-state index is 13.5. The largest absolute Gasteiger partial charge is 0.350 e. The average molecular weight is 435 g/mol. The Bertz CT molecular complexity index is 1250. The van der Waals surface area contributed by atoms with E-state index in [1.165, 1.54) is 24.3 Å². The Balaban J connectivity index is 1.85. The van der Waals surface area contributed by atoms with Gasteiger partial charge in [0.15, 0.2) is 0 Å². The van der Waals surface area contributed by atoms with Crippen molar-refractivity contribution in [3.8, 4) is 0 Å². The molecule has 156 valence electrons. The molecule has 0 saturated heterocycles. The molecule has 0 radical (unpaired) electrons. The van der Waals surface area contributed by atoms with Crippen molar-refractivity contribution < 1.29 is 14.0 Å². The van der Waals surface area contributed by atoms with Gasteiger partial charge in [0.25, 0.3) is 11.8 Å². The van der Waals surface area contributed by atoms with Crippen LogP contribution in [-0.2, 0) is 9.59 Å². The molecule has 1 aliphatic rings. The summed E-state index contributed by atoms with van der Waals surface area (Å²) in [5, 5.41) is 3.58. The number of imide groups is 1. The summed E-state index contributed by atoms with van der Waals surface area (Å²) < 4.78 is 13.5. The van der Waals surface area contributed by atoms with Gasteiger partial charge in [-0.2, -0.15) is 0 Å². The van der Waals surface area contributed by atoms with Crippen LogP contribution in [0.25, 0.3) is 5.57 Å². The topological polar surface area (TPSA) is 49.4 Å². The van der Waals surface area contributed by atoms with Crippen LogP contribution in [0.2, 0.25) is 5.02 Å². The zero-order valence-corrected chi connectivity index (χ0v) is 18.0. The number of hydrogen-bond donors (Lipinski definition) is 1. The summed E-state index contributed by atoms with van der Waals surface area (Å²) >= 11 is 6.24. The van der Waals surface area contributed by atoms with Crippen LogP contribution in [0, 0.1) is 26.6 Å². The molecule has 0 aromatic heterocycles. The molecule has 0 fully saturated rings. The number of benzene rings is 3. The van der Waals surface area contributed by atoms with Gasteiger partial charge < -0.3 is 5.32 Å². The second-order valence-corrected chi connectivity index (χ2v) is 7.92. The fourth-order valence-electron chi connectivity index (χ4n) is 3.55. The van der Waals surface area contributed by atoms with Crippen LogP contribution in [0.4, 0.5) is 15.8 Å². The predicted molar refractivity (Wildman–Crippen MR) is 122 cm³/mol. The molecule has 0 saturated carbocycles. The van der Waals surface area contributed by atoms with Crippen LogP contribution in [-0.4, -0.2) is 11.8 Å². The Morgan fingerprint density at radius 3 is 2.26 bits per heavy atom. The van der Waals surface area contributed by atoms with Gasteiger partial charge in [0, 0.05) is 10.7 Å². The van der Waals surface area contributed by atoms with E-state index in [4.69, 9.17) is 11.6 Å². The zero-order chi connectivity index (χ0) is 22.3. The number of rotatable bonds is 4. The second-order valence-electron chi connectivity index (χ2n) is 7.51. The first-order chi connectivity index (χ1) is 14.8. The summed E-state index contributed by atoms with van der Waals surface area (Å²) in [5.41, 5.74) is 4.66. The van der Waals surface area contributed by atoms with Crippen molar-refractivity contribution >= 4 is 40.4 Å². The van der Waals surface area contributed by atoms with E-state index < -0.39 is 17.6 Å². The highest BCUT2D eigenvalue weighted by molar-refractivity contribution is 6.46. The fourth-order valence-corrected chi connectivity index (χ4v) is 3.72. The number of carbonyl (C=O) groups excluding carboxylic acids is 2. The molecule has 31 heavy (non-hydrogen) atoms. The van der Waals surface area contributed by atoms with E-state index in [2.05, 4.69) is 5.32 Å². The quantitative estimate of drug-likeness (QED) is 0.528. The van der Waals surface area contributed by atoms with Gasteiger partial charge in [-0.1, -0.05) is 35.9 Å². The third kappa shape index (κ3) is 3.73. The number of anilines is 2. The lowest BCUT2D eigenvalue weighted by molar-refractivity contribution is -0.120. The van der Waals surface area contributed by atoms with Crippen molar-refractivity contribution in [1.82, 2.24) is 0 Å². The molecule has 1 heterocycles. The molecule has 4 rings (SSSR count). The summed E-state index contributed by atoms with van der Waals surface area (Å²) in [6.45, 7) is 5.72. The standard InChI is InChI=1S/C25H20ClFN2O2/c1-14-7-12-19(13-15(14)2)28-23-22(17-8-10-18(27)11-9-17)24(30)29(25(23)31)21-6-4-5-20(26)16(21)3/h4-13,28H,1-3H3. The van der Waals surface area contributed by atoms with Gasteiger partial charge in [0.05, 0.1) is 11.3 Å². The van der Waals surface area contributed by atoms with Gasteiger partial charge in [-0.3, -0.25) is 9.59 Å². The van der Waals surface area contributed by atoms with Crippen LogP contribution >= 0.6 is 11.6 Å². The molecule has 1 aliphatic heterocycles. The van der Waals surface area contributed by atoms with E-state index in [1.807, 2.05) is 32.0 Å². The summed E-state index contributed by atoms with van der Waals surface area (Å²) in [4.78, 5) is 28.0. The minimum absolute atomic E-state index is 0.138. The number of nitrogens with zero attached hydrogens (tertiary/aromatic N) is 1. The SMILES string of the molecule is Cc1ccc(NC2=C(c3ccc(F)cc3)C(=O)N(c3cccc(Cl)c3C)C2=O)cc1C. The van der Waals surface area contributed by atoms with Crippen molar-refractivity contribution in [2.45, 2.75) is 20.8 Å². The van der Waals surface area contributed by atoms with Crippen LogP contribution in [0.3, 0.4) is 0 Å². The molecule has 0 spiro atoms. The van der Waals surface area contributed by atoms with Gasteiger partial charge in [0.1, 0.15) is 11.5 Å². The smallest absolute Gasteiger partial charge is 0.282 e. The van der Waals surface area contributed by atoms with Gasteiger partial charge >= 0.3 is 0 Å². The van der Waals surface area contributed by atoms with Crippen LogP contribution in [0.1, 0.15) is 22.3 Å². The van der Waals surface area contributed by atoms with Gasteiger partial charge in [-0.25, -0.2) is 9.29 Å². The number of hydrogen-bond acceptors (Lipinski definition) is 3. The highest BCUT2D eigenvalue weighted by Gasteiger charge is 2.41. The molecule has 1 N–H and O–H groups in total. The lowest BCUT2D eigenvalue weighted by Crippen LogP contribution is -2.33. The van der Waals surface area contributed by atoms with E-state index in [9.17, 15) is 14.0 Å². The highest BCUT2D eigenvalue weighted by atomic mass is 35.5. The van der Waals surface area contributed by atoms with E-state index >= 15 is 0 Å². The maximum Gasteiger partial charge on any atom is 0.282 e. The summed E-state index contributed by atoms with van der Waals surface area (Å²) in [6, 6.07) is 16.3. The van der Waals surface area contributed by atoms with E-state index in [0.717, 1.165) is 16.0 Å². The summed E-state index contributed by atoms with van der Waals surface area (Å²) in [6.07, 6.45) is 0. The van der Waals surface area contributed by atoms with Crippen LogP contribution in [0.5, 0.6) is 0 Å². The van der Waals surface area contributed by atoms with Gasteiger partial charge in [-0.15, -0.1) is 0 Å². The molecular weight excluding hydrogens is 415 g/mol. The molecule has 3 aromatic carbocycles. The number of aryl methyl sites for hydroxylation is 2. The predicted octanol–water partition coefficient (Wildman–Crippen LogP) is 5.80. The highest BCUT2D eigenvalue weighted by Crippen LogP contribution is 2.36. The summed E-state index contributed by atoms with van der Waals surface area (Å²) in [7, 11) is 0. The third-order valence-corrected chi connectivity index (χ3v) is 5.88. The van der Waals surface area contributed by atoms with Gasteiger partial charge in [0.2, 0.25) is 0 Å². The van der Waals surface area contributed by atoms with Crippen molar-refractivity contribution in [2.75, 3.05) is 10.2 Å². The number of nitrogens with one attached hydrogen (secondary N) is 1. The molecule has 0 unspecified atom stereocenters. The van der Waals surface area contributed by atoms with E-state index in [1.54, 1.807) is 25.1 Å². The monoisotopic (exact) mass is 434 g/mol. The first-order valence-electron chi connectivity index (χ1n) is 9.76. The fraction of sp³-hybridized carbons (Fsp3) is 0.120. The van der Waals surface area contributed by atoms with E-state index in [-0.39, 0.29) is 11.3 Å².